The van der Waals surface area contributed by atoms with Crippen molar-refractivity contribution in [3.8, 4) is 0 Å². The van der Waals surface area contributed by atoms with Crippen molar-refractivity contribution in [3.63, 3.8) is 0 Å². The Morgan fingerprint density at radius 1 is 1.50 bits per heavy atom. The maximum Gasteiger partial charge on any atom is 0.411 e. The molecule has 1 N–H and O–H groups in total. The number of ether oxygens (including phenoxy) is 1. The van der Waals surface area contributed by atoms with Gasteiger partial charge in [-0.1, -0.05) is 0 Å². The molecular weight excluding hydrogens is 238 g/mol. The van der Waals surface area contributed by atoms with Crippen LogP contribution >= 0.6 is 0 Å². The van der Waals surface area contributed by atoms with E-state index in [4.69, 9.17) is 5.11 Å². The molecule has 8 heteroatoms. The lowest BCUT2D eigenvalue weighted by atomic mass is 10.3. The maximum absolute atomic E-state index is 11.6. The van der Waals surface area contributed by atoms with Crippen molar-refractivity contribution < 1.29 is 27.9 Å². The molecule has 0 bridgehead atoms. The number of aliphatic carboxylic acids is 1. The molecule has 2 aliphatic rings. The highest BCUT2D eigenvalue weighted by Crippen LogP contribution is 2.27. The van der Waals surface area contributed by atoms with Gasteiger partial charge in [0.15, 0.2) is 9.84 Å². The summed E-state index contributed by atoms with van der Waals surface area (Å²) in [6.45, 7) is -0.196. The van der Waals surface area contributed by atoms with Gasteiger partial charge in [-0.25, -0.2) is 18.0 Å². The van der Waals surface area contributed by atoms with Crippen LogP contribution in [0.2, 0.25) is 0 Å². The van der Waals surface area contributed by atoms with Crippen LogP contribution in [0.4, 0.5) is 4.79 Å². The lowest BCUT2D eigenvalue weighted by Crippen LogP contribution is -2.40. The maximum atomic E-state index is 11.6. The number of carboxylic acids is 1. The third-order valence-electron chi connectivity index (χ3n) is 2.76. The molecule has 0 aliphatic carbocycles. The molecule has 0 saturated carbocycles. The molecule has 1 unspecified atom stereocenters. The van der Waals surface area contributed by atoms with E-state index >= 15 is 0 Å². The molecule has 2 atom stereocenters. The standard InChI is InChI=1S/C8H11NO6S/c10-7(11)5-4-9(8(12)15-5)6-2-1-3-16(6,13)14/h5-6H,1-4H2,(H,10,11)/t5-,6?/m1/s1. The van der Waals surface area contributed by atoms with Crippen LogP contribution in [0.25, 0.3) is 0 Å². The van der Waals surface area contributed by atoms with Gasteiger partial charge < -0.3 is 9.84 Å². The molecule has 2 heterocycles. The zero-order valence-corrected chi connectivity index (χ0v) is 9.14. The van der Waals surface area contributed by atoms with Crippen molar-refractivity contribution in [3.05, 3.63) is 0 Å². The Labute approximate surface area is 91.9 Å². The number of nitrogens with zero attached hydrogens (tertiary/aromatic N) is 1. The highest BCUT2D eigenvalue weighted by atomic mass is 32.2. The molecule has 0 aromatic carbocycles. The number of cyclic esters (lactones) is 1. The Morgan fingerprint density at radius 3 is 2.62 bits per heavy atom. The lowest BCUT2D eigenvalue weighted by molar-refractivity contribution is -0.144. The molecule has 16 heavy (non-hydrogen) atoms. The quantitative estimate of drug-likeness (QED) is 0.703. The number of sulfone groups is 1. The molecule has 2 rings (SSSR count). The van der Waals surface area contributed by atoms with Gasteiger partial charge in [0, 0.05) is 0 Å². The number of carbonyl (C=O) groups is 2. The second-order valence-corrected chi connectivity index (χ2v) is 6.10. The molecule has 2 fully saturated rings. The monoisotopic (exact) mass is 249 g/mol. The van der Waals surface area contributed by atoms with Gasteiger partial charge in [-0.3, -0.25) is 4.90 Å². The van der Waals surface area contributed by atoms with E-state index in [9.17, 15) is 18.0 Å². The van der Waals surface area contributed by atoms with Crippen LogP contribution < -0.4 is 0 Å². The van der Waals surface area contributed by atoms with E-state index in [1.54, 1.807) is 0 Å². The number of hydrogen-bond acceptors (Lipinski definition) is 5. The fraction of sp³-hybridized carbons (Fsp3) is 0.750. The summed E-state index contributed by atoms with van der Waals surface area (Å²) < 4.78 is 27.7. The van der Waals surface area contributed by atoms with Crippen LogP contribution in [0.15, 0.2) is 0 Å². The summed E-state index contributed by atoms with van der Waals surface area (Å²) in [5.41, 5.74) is 0. The molecule has 0 spiro atoms. The summed E-state index contributed by atoms with van der Waals surface area (Å²) in [5, 5.41) is 7.76. The van der Waals surface area contributed by atoms with E-state index in [1.807, 2.05) is 0 Å². The van der Waals surface area contributed by atoms with E-state index in [0.717, 1.165) is 4.90 Å². The first-order valence-electron chi connectivity index (χ1n) is 4.83. The van der Waals surface area contributed by atoms with Gasteiger partial charge in [-0.15, -0.1) is 0 Å². The van der Waals surface area contributed by atoms with Gasteiger partial charge in [0.25, 0.3) is 0 Å². The Balaban J connectivity index is 2.17. The number of carbonyl (C=O) groups excluding carboxylic acids is 1. The molecule has 0 aromatic heterocycles. The molecule has 7 nitrogen and oxygen atoms in total. The van der Waals surface area contributed by atoms with E-state index in [2.05, 4.69) is 4.74 Å². The zero-order valence-electron chi connectivity index (χ0n) is 8.33. The highest BCUT2D eigenvalue weighted by molar-refractivity contribution is 7.92. The van der Waals surface area contributed by atoms with Crippen LogP contribution in [0.3, 0.4) is 0 Å². The van der Waals surface area contributed by atoms with E-state index in [0.29, 0.717) is 12.8 Å². The van der Waals surface area contributed by atoms with Gasteiger partial charge in [0.05, 0.1) is 12.3 Å². The Kier molecular flexibility index (Phi) is 2.53. The lowest BCUT2D eigenvalue weighted by Gasteiger charge is -2.19. The molecule has 2 saturated heterocycles. The van der Waals surface area contributed by atoms with Crippen molar-refractivity contribution in [2.24, 2.45) is 0 Å². The predicted molar refractivity (Wildman–Crippen MR) is 51.4 cm³/mol. The van der Waals surface area contributed by atoms with Crippen molar-refractivity contribution in [1.29, 1.82) is 0 Å². The van der Waals surface area contributed by atoms with Crippen molar-refractivity contribution >= 4 is 21.9 Å². The number of hydrogen-bond donors (Lipinski definition) is 1. The zero-order chi connectivity index (χ0) is 11.9. The SMILES string of the molecule is O=C(O)[C@H]1CN(C2CCCS2(=O)=O)C(=O)O1. The summed E-state index contributed by atoms with van der Waals surface area (Å²) in [6.07, 6.45) is -1.27. The first-order valence-corrected chi connectivity index (χ1v) is 6.55. The third-order valence-corrected chi connectivity index (χ3v) is 4.93. The minimum Gasteiger partial charge on any atom is -0.478 e. The molecule has 2 aliphatic heterocycles. The molecule has 0 radical (unpaired) electrons. The summed E-state index contributed by atoms with van der Waals surface area (Å²) in [4.78, 5) is 23.0. The second kappa shape index (κ2) is 3.62. The summed E-state index contributed by atoms with van der Waals surface area (Å²) in [7, 11) is -3.32. The first kappa shape index (κ1) is 11.2. The Hall–Kier alpha value is -1.31. The van der Waals surface area contributed by atoms with Crippen molar-refractivity contribution in [2.75, 3.05) is 12.3 Å². The fourth-order valence-electron chi connectivity index (χ4n) is 1.97. The van der Waals surface area contributed by atoms with Crippen molar-refractivity contribution in [1.82, 2.24) is 4.90 Å². The van der Waals surface area contributed by atoms with E-state index in [-0.39, 0.29) is 12.3 Å². The summed E-state index contributed by atoms with van der Waals surface area (Å²) >= 11 is 0. The Bertz CT molecular complexity index is 430. The van der Waals surface area contributed by atoms with Gasteiger partial charge in [0.1, 0.15) is 5.37 Å². The van der Waals surface area contributed by atoms with Crippen molar-refractivity contribution in [2.45, 2.75) is 24.3 Å². The van der Waals surface area contributed by atoms with Crippen LogP contribution in [-0.2, 0) is 19.4 Å². The summed E-state index contributed by atoms with van der Waals surface area (Å²) in [5.74, 6) is -1.22. The van der Waals surface area contributed by atoms with Gasteiger partial charge in [-0.05, 0) is 12.8 Å². The van der Waals surface area contributed by atoms with E-state index in [1.165, 1.54) is 0 Å². The molecule has 90 valence electrons. The minimum absolute atomic E-state index is 0.0409. The van der Waals surface area contributed by atoms with Crippen LogP contribution in [-0.4, -0.2) is 54.3 Å². The first-order chi connectivity index (χ1) is 7.42. The largest absolute Gasteiger partial charge is 0.478 e. The predicted octanol–water partition coefficient (Wildman–Crippen LogP) is -0.574. The van der Waals surface area contributed by atoms with Crippen LogP contribution in [0, 0.1) is 0 Å². The minimum atomic E-state index is -3.32. The van der Waals surface area contributed by atoms with Gasteiger partial charge in [-0.2, -0.15) is 0 Å². The average molecular weight is 249 g/mol. The number of rotatable bonds is 2. The van der Waals surface area contributed by atoms with Gasteiger partial charge >= 0.3 is 12.1 Å². The van der Waals surface area contributed by atoms with Crippen LogP contribution in [0.5, 0.6) is 0 Å². The Morgan fingerprint density at radius 2 is 2.19 bits per heavy atom. The van der Waals surface area contributed by atoms with Crippen LogP contribution in [0.1, 0.15) is 12.8 Å². The molecule has 1 amide bonds. The topological polar surface area (TPSA) is 101 Å². The second-order valence-electron chi connectivity index (χ2n) is 3.83. The normalized spacial score (nSPS) is 32.8. The smallest absolute Gasteiger partial charge is 0.411 e. The molecular formula is C8H11NO6S. The fourth-order valence-corrected chi connectivity index (χ4v) is 3.89. The average Bonchev–Trinajstić information content (AvgIpc) is 2.68. The summed E-state index contributed by atoms with van der Waals surface area (Å²) in [6, 6.07) is 0. The highest BCUT2D eigenvalue weighted by Gasteiger charge is 2.46. The third kappa shape index (κ3) is 1.73. The number of carboxylic acid groups (broad SMARTS) is 1. The van der Waals surface area contributed by atoms with E-state index < -0.39 is 33.4 Å². The van der Waals surface area contributed by atoms with Gasteiger partial charge in [0.2, 0.25) is 6.10 Å². The molecule has 0 aromatic rings. The number of amides is 1.